The Morgan fingerprint density at radius 1 is 0.704 bits per heavy atom. The van der Waals surface area contributed by atoms with E-state index in [4.69, 9.17) is 14.6 Å². The molecular formula is C46H61N11O12S2. The fraction of sp³-hybridized carbons (Fsp3) is 0.522. The van der Waals surface area contributed by atoms with E-state index < -0.39 is 25.1 Å². The topological polar surface area (TPSA) is 292 Å². The zero-order chi connectivity index (χ0) is 51.2. The lowest BCUT2D eigenvalue weighted by molar-refractivity contribution is -0.757. The molecule has 2 fully saturated rings. The molecule has 2 aliphatic rings. The summed E-state index contributed by atoms with van der Waals surface area (Å²) in [6.07, 6.45) is 5.52. The van der Waals surface area contributed by atoms with Gasteiger partial charge in [0, 0.05) is 45.6 Å². The SMILES string of the molecule is CCCc1nc(C)c2c(=O)[nH]c(-c3cc(S(=O)(=O)N4CC(CCCO)C4)ccc3OCC)nn12.CCCc1nc(C)c2c(=O)[nH]c(-c3cc(S(=O)(=O)N4CC(CCCO[N+](=O)[O-])C4)ccc3OCC)nn12. The van der Waals surface area contributed by atoms with Crippen molar-refractivity contribution in [2.24, 2.45) is 11.8 Å². The number of nitrogens with zero attached hydrogens (tertiary/aromatic N) is 9. The number of benzene rings is 2. The van der Waals surface area contributed by atoms with Gasteiger partial charge in [-0.25, -0.2) is 35.8 Å². The third-order valence-electron chi connectivity index (χ3n) is 12.3. The highest BCUT2D eigenvalue weighted by Crippen LogP contribution is 2.36. The Morgan fingerprint density at radius 2 is 1.13 bits per heavy atom. The molecule has 0 atom stereocenters. The largest absolute Gasteiger partial charge is 0.493 e. The Bertz CT molecular complexity index is 3230. The summed E-state index contributed by atoms with van der Waals surface area (Å²) in [4.78, 5) is 55.1. The first-order valence-electron chi connectivity index (χ1n) is 23.8. The number of sulfonamides is 2. The molecule has 6 aromatic rings. The van der Waals surface area contributed by atoms with E-state index in [1.807, 2.05) is 27.7 Å². The highest BCUT2D eigenvalue weighted by atomic mass is 32.2. The average molecular weight is 1020 g/mol. The number of fused-ring (bicyclic) bond motifs is 2. The summed E-state index contributed by atoms with van der Waals surface area (Å²) in [5, 5.41) is 27.6. The number of aliphatic hydroxyl groups excluding tert-OH is 1. The maximum absolute atomic E-state index is 13.3. The highest BCUT2D eigenvalue weighted by Gasteiger charge is 2.38. The quantitative estimate of drug-likeness (QED) is 0.0479. The molecule has 0 amide bonds. The molecule has 25 heteroatoms. The van der Waals surface area contributed by atoms with Gasteiger partial charge in [-0.1, -0.05) is 13.8 Å². The van der Waals surface area contributed by atoms with Gasteiger partial charge in [-0.2, -0.15) is 8.61 Å². The fourth-order valence-electron chi connectivity index (χ4n) is 8.75. The van der Waals surface area contributed by atoms with Crippen LogP contribution in [0.15, 0.2) is 55.8 Å². The van der Waals surface area contributed by atoms with Gasteiger partial charge in [-0.05, 0) is 114 Å². The van der Waals surface area contributed by atoms with E-state index >= 15 is 0 Å². The predicted octanol–water partition coefficient (Wildman–Crippen LogP) is 4.49. The van der Waals surface area contributed by atoms with Crippen LogP contribution in [0.25, 0.3) is 33.8 Å². The number of nitrogens with one attached hydrogen (secondary N) is 2. The molecular weight excluding hydrogens is 963 g/mol. The lowest BCUT2D eigenvalue weighted by atomic mass is 9.98. The predicted molar refractivity (Wildman–Crippen MR) is 261 cm³/mol. The van der Waals surface area contributed by atoms with Crippen molar-refractivity contribution in [3.8, 4) is 34.3 Å². The van der Waals surface area contributed by atoms with Crippen LogP contribution in [0.3, 0.4) is 0 Å². The van der Waals surface area contributed by atoms with E-state index in [2.05, 4.69) is 35.0 Å². The standard InChI is InChI=1S/C23H30N6O7S.C23H31N5O5S/c1-4-7-20-24-15(3)21-23(30)25-22(26-28(20)21)18-12-17(9-10-19(18)35-5-2)37(33,34)27-13-16(14-27)8-6-11-36-29(31)32;1-4-7-20-24-15(3)21-23(30)25-22(26-28(20)21)18-12-17(9-10-19(18)33-5-2)34(31,32)27-13-16(14-27)8-6-11-29/h9-10,12,16H,4-8,11,13-14H2,1-3H3,(H,25,26,30);9-10,12,16,29H,4-8,11,13-14H2,1-3H3,(H,25,26,30). The van der Waals surface area contributed by atoms with Gasteiger partial charge in [0.15, 0.2) is 22.7 Å². The van der Waals surface area contributed by atoms with E-state index in [9.17, 15) is 36.5 Å². The minimum absolute atomic E-state index is 0.00947. The molecule has 4 aromatic heterocycles. The minimum atomic E-state index is -3.81. The number of aryl methyl sites for hydroxylation is 4. The van der Waals surface area contributed by atoms with Crippen LogP contribution in [0.2, 0.25) is 0 Å². The van der Waals surface area contributed by atoms with Gasteiger partial charge >= 0.3 is 0 Å². The number of hydrogen-bond donors (Lipinski definition) is 3. The van der Waals surface area contributed by atoms with Crippen LogP contribution < -0.4 is 20.6 Å². The maximum atomic E-state index is 13.3. The second kappa shape index (κ2) is 22.4. The normalized spacial score (nSPS) is 14.8. The number of aromatic amines is 2. The molecule has 2 aliphatic heterocycles. The minimum Gasteiger partial charge on any atom is -0.493 e. The molecule has 3 N–H and O–H groups in total. The summed E-state index contributed by atoms with van der Waals surface area (Å²) in [6, 6.07) is 9.13. The van der Waals surface area contributed by atoms with E-state index in [1.54, 1.807) is 30.5 Å². The monoisotopic (exact) mass is 1020 g/mol. The lowest BCUT2D eigenvalue weighted by Gasteiger charge is -2.38. The van der Waals surface area contributed by atoms with Crippen LogP contribution in [0.4, 0.5) is 0 Å². The van der Waals surface area contributed by atoms with Crippen LogP contribution in [-0.2, 0) is 37.7 Å². The van der Waals surface area contributed by atoms with E-state index in [0.29, 0.717) is 128 Å². The molecule has 0 radical (unpaired) electrons. The Hall–Kier alpha value is -6.28. The Morgan fingerprint density at radius 3 is 1.51 bits per heavy atom. The highest BCUT2D eigenvalue weighted by molar-refractivity contribution is 7.89. The maximum Gasteiger partial charge on any atom is 0.294 e. The number of hydrogen-bond acceptors (Lipinski definition) is 16. The van der Waals surface area contributed by atoms with Gasteiger partial charge < -0.3 is 29.4 Å². The molecule has 0 aliphatic carbocycles. The zero-order valence-electron chi connectivity index (χ0n) is 40.7. The van der Waals surface area contributed by atoms with Crippen LogP contribution in [0, 0.1) is 35.8 Å². The fourth-order valence-corrected chi connectivity index (χ4v) is 12.0. The Kier molecular flexibility index (Phi) is 16.6. The lowest BCUT2D eigenvalue weighted by Crippen LogP contribution is -2.49. The molecule has 2 aromatic carbocycles. The number of H-pyrrole nitrogens is 2. The van der Waals surface area contributed by atoms with E-state index in [1.165, 1.54) is 37.4 Å². The number of ether oxygens (including phenoxy) is 2. The Balaban J connectivity index is 0.000000209. The van der Waals surface area contributed by atoms with E-state index in [0.717, 1.165) is 19.3 Å². The van der Waals surface area contributed by atoms with Gasteiger partial charge in [0.2, 0.25) is 20.0 Å². The summed E-state index contributed by atoms with van der Waals surface area (Å²) < 4.78 is 70.4. The molecule has 0 saturated carbocycles. The van der Waals surface area contributed by atoms with Gasteiger partial charge in [-0.3, -0.25) is 9.59 Å². The molecule has 0 unspecified atom stereocenters. The first kappa shape index (κ1) is 52.5. The number of aliphatic hydroxyl groups is 1. The van der Waals surface area contributed by atoms with Crippen LogP contribution in [0.5, 0.6) is 11.5 Å². The molecule has 2 saturated heterocycles. The first-order chi connectivity index (χ1) is 33.9. The summed E-state index contributed by atoms with van der Waals surface area (Å²) >= 11 is 0. The van der Waals surface area contributed by atoms with Crippen LogP contribution >= 0.6 is 0 Å². The smallest absolute Gasteiger partial charge is 0.294 e. The van der Waals surface area contributed by atoms with Gasteiger partial charge in [0.1, 0.15) is 23.1 Å². The third-order valence-corrected chi connectivity index (χ3v) is 15.9. The number of rotatable bonds is 22. The Labute approximate surface area is 410 Å². The molecule has 384 valence electrons. The summed E-state index contributed by atoms with van der Waals surface area (Å²) in [5.74, 6) is 2.92. The second-order valence-corrected chi connectivity index (χ2v) is 21.4. The van der Waals surface area contributed by atoms with Crippen molar-refractivity contribution in [2.75, 3.05) is 52.6 Å². The van der Waals surface area contributed by atoms with Crippen molar-refractivity contribution in [1.82, 2.24) is 47.8 Å². The molecule has 71 heavy (non-hydrogen) atoms. The third kappa shape index (κ3) is 11.3. The van der Waals surface area contributed by atoms with Crippen molar-refractivity contribution in [1.29, 1.82) is 0 Å². The van der Waals surface area contributed by atoms with Crippen molar-refractivity contribution < 1.29 is 41.3 Å². The molecule has 0 spiro atoms. The second-order valence-electron chi connectivity index (χ2n) is 17.5. The molecule has 6 heterocycles. The zero-order valence-corrected chi connectivity index (χ0v) is 42.3. The van der Waals surface area contributed by atoms with Crippen molar-refractivity contribution >= 4 is 31.1 Å². The average Bonchev–Trinajstić information content (AvgIpc) is 3.79. The number of imidazole rings is 2. The van der Waals surface area contributed by atoms with Gasteiger partial charge in [-0.15, -0.1) is 20.3 Å². The molecule has 8 rings (SSSR count). The van der Waals surface area contributed by atoms with Crippen molar-refractivity contribution in [3.63, 3.8) is 0 Å². The van der Waals surface area contributed by atoms with Crippen LogP contribution in [0.1, 0.15) is 89.3 Å². The van der Waals surface area contributed by atoms with Crippen LogP contribution in [-0.4, -0.2) is 127 Å². The summed E-state index contributed by atoms with van der Waals surface area (Å²) in [7, 11) is -7.52. The molecule has 0 bridgehead atoms. The first-order valence-corrected chi connectivity index (χ1v) is 26.7. The van der Waals surface area contributed by atoms with Crippen molar-refractivity contribution in [3.05, 3.63) is 90.3 Å². The van der Waals surface area contributed by atoms with Gasteiger partial charge in [0.05, 0.1) is 52.1 Å². The number of aromatic nitrogens is 8. The summed E-state index contributed by atoms with van der Waals surface area (Å²) in [6.45, 7) is 13.5. The molecule has 23 nitrogen and oxygen atoms in total. The van der Waals surface area contributed by atoms with E-state index in [-0.39, 0.29) is 57.6 Å². The van der Waals surface area contributed by atoms with Crippen molar-refractivity contribution in [2.45, 2.75) is 103 Å². The summed E-state index contributed by atoms with van der Waals surface area (Å²) in [5.41, 5.74) is 1.92. The van der Waals surface area contributed by atoms with Gasteiger partial charge in [0.25, 0.3) is 16.2 Å².